The van der Waals surface area contributed by atoms with Crippen molar-refractivity contribution < 1.29 is 20.1 Å². The number of hydrogen-bond acceptors (Lipinski definition) is 3. The van der Waals surface area contributed by atoms with Crippen molar-refractivity contribution in [2.75, 3.05) is 0 Å². The van der Waals surface area contributed by atoms with Gasteiger partial charge >= 0.3 is 20.1 Å². The van der Waals surface area contributed by atoms with Crippen LogP contribution in [0.25, 0.3) is 38.7 Å². The van der Waals surface area contributed by atoms with E-state index in [0.717, 1.165) is 67.5 Å². The Morgan fingerprint density at radius 1 is 0.548 bits per heavy atom. The largest absolute Gasteiger partial charge is 3.00 e. The summed E-state index contributed by atoms with van der Waals surface area (Å²) in [5.41, 5.74) is 8.31. The van der Waals surface area contributed by atoms with Gasteiger partial charge in [0.25, 0.3) is 0 Å². The second-order valence-electron chi connectivity index (χ2n) is 17.8. The summed E-state index contributed by atoms with van der Waals surface area (Å²) in [7, 11) is 0. The van der Waals surface area contributed by atoms with E-state index in [4.69, 9.17) is 15.0 Å². The van der Waals surface area contributed by atoms with Crippen LogP contribution in [-0.2, 0) is 41.8 Å². The van der Waals surface area contributed by atoms with Crippen molar-refractivity contribution in [3.05, 3.63) is 228 Å². The second-order valence-corrected chi connectivity index (χ2v) is 17.8. The van der Waals surface area contributed by atoms with Gasteiger partial charge in [0, 0.05) is 63.6 Å². The molecule has 0 saturated carbocycles. The molecular weight excluding hydrogens is 937 g/mol. The number of imidazole rings is 3. The van der Waals surface area contributed by atoms with Crippen molar-refractivity contribution in [1.29, 1.82) is 0 Å². The van der Waals surface area contributed by atoms with Crippen molar-refractivity contribution in [1.82, 2.24) is 28.5 Å². The average molecular weight is 982 g/mol. The molecule has 2 atom stereocenters. The summed E-state index contributed by atoms with van der Waals surface area (Å²) < 4.78 is 6.87. The van der Waals surface area contributed by atoms with E-state index in [1.54, 1.807) is 0 Å². The van der Waals surface area contributed by atoms with Gasteiger partial charge in [-0.1, -0.05) is 93.1 Å². The standard InChI is InChI=1S/C55H45N6.Ir/c1-52(2)45-29-19-28-43-42-31-30-39(54(5,37-20-11-7-12-21-37)50-56-32-34-59(50)40-24-15-9-16-25-40)36-44(42)49-58-47(48(53(52,3)4)61(49)46(43)45)55(6,38-22-13-8-14-23-38)51-57-33-35-60(51)41-26-17-10-18-27-41;/h7-20,22,24-35H,1-6H3;/q-3;+3/t54?,55-;/m0./s1. The third-order valence-electron chi connectivity index (χ3n) is 14.2. The molecule has 304 valence electrons. The molecule has 1 unspecified atom stereocenters. The number of pyridine rings is 1. The molecular formula is C55H45IrN6. The Kier molecular flexibility index (Phi) is 9.18. The third kappa shape index (κ3) is 5.41. The average Bonchev–Trinajstić information content (AvgIpc) is 4.10. The van der Waals surface area contributed by atoms with Crippen LogP contribution in [-0.4, -0.2) is 28.5 Å². The molecule has 0 fully saturated rings. The van der Waals surface area contributed by atoms with Crippen LogP contribution in [0.3, 0.4) is 0 Å². The minimum Gasteiger partial charge on any atom is -0.336 e. The van der Waals surface area contributed by atoms with E-state index in [9.17, 15) is 0 Å². The van der Waals surface area contributed by atoms with Crippen LogP contribution in [0, 0.1) is 18.2 Å². The van der Waals surface area contributed by atoms with E-state index >= 15 is 0 Å². The van der Waals surface area contributed by atoms with Crippen molar-refractivity contribution in [3.8, 4) is 11.4 Å². The number of nitrogens with zero attached hydrogens (tertiary/aromatic N) is 6. The Morgan fingerprint density at radius 3 is 1.69 bits per heavy atom. The van der Waals surface area contributed by atoms with E-state index in [-0.39, 0.29) is 30.9 Å². The zero-order valence-electron chi connectivity index (χ0n) is 35.6. The molecule has 62 heavy (non-hydrogen) atoms. The molecule has 0 N–H and O–H groups in total. The van der Waals surface area contributed by atoms with Gasteiger partial charge in [-0.3, -0.25) is 4.98 Å². The molecule has 0 spiro atoms. The predicted octanol–water partition coefficient (Wildman–Crippen LogP) is 11.7. The molecule has 0 amide bonds. The van der Waals surface area contributed by atoms with E-state index < -0.39 is 10.8 Å². The van der Waals surface area contributed by atoms with Crippen LogP contribution in [0.2, 0.25) is 0 Å². The zero-order valence-corrected chi connectivity index (χ0v) is 38.0. The minimum atomic E-state index is -0.828. The zero-order chi connectivity index (χ0) is 41.7. The van der Waals surface area contributed by atoms with Crippen LogP contribution >= 0.6 is 0 Å². The first-order chi connectivity index (χ1) is 29.6. The maximum Gasteiger partial charge on any atom is 3.00 e. The number of para-hydroxylation sites is 3. The van der Waals surface area contributed by atoms with Gasteiger partial charge in [-0.05, 0) is 49.1 Å². The Balaban J connectivity index is 0.00000458. The van der Waals surface area contributed by atoms with Gasteiger partial charge in [0.2, 0.25) is 0 Å². The molecule has 7 heteroatoms. The summed E-state index contributed by atoms with van der Waals surface area (Å²) >= 11 is 0. The Bertz CT molecular complexity index is 3270. The van der Waals surface area contributed by atoms with Crippen LogP contribution < -0.4 is 0 Å². The predicted molar refractivity (Wildman–Crippen MR) is 244 cm³/mol. The van der Waals surface area contributed by atoms with Gasteiger partial charge in [0.05, 0.1) is 16.8 Å². The third-order valence-corrected chi connectivity index (χ3v) is 14.2. The summed E-state index contributed by atoms with van der Waals surface area (Å²) in [6.45, 7) is 14.1. The molecule has 0 radical (unpaired) electrons. The number of rotatable bonds is 8. The first-order valence-electron chi connectivity index (χ1n) is 21.0. The van der Waals surface area contributed by atoms with E-state index in [1.165, 1.54) is 16.5 Å². The molecule has 5 heterocycles. The molecule has 6 aromatic carbocycles. The van der Waals surface area contributed by atoms with Gasteiger partial charge in [0.1, 0.15) is 11.6 Å². The van der Waals surface area contributed by atoms with Gasteiger partial charge in [0.15, 0.2) is 0 Å². The van der Waals surface area contributed by atoms with Crippen molar-refractivity contribution in [2.24, 2.45) is 0 Å². The summed E-state index contributed by atoms with van der Waals surface area (Å²) in [4.78, 5) is 16.3. The van der Waals surface area contributed by atoms with E-state index in [1.807, 2.05) is 48.9 Å². The summed E-state index contributed by atoms with van der Waals surface area (Å²) in [5, 5.41) is 3.24. The van der Waals surface area contributed by atoms with Crippen molar-refractivity contribution in [3.63, 3.8) is 0 Å². The van der Waals surface area contributed by atoms with Crippen molar-refractivity contribution in [2.45, 2.75) is 63.2 Å². The first kappa shape index (κ1) is 39.7. The van der Waals surface area contributed by atoms with Gasteiger partial charge in [-0.2, -0.15) is 60.7 Å². The van der Waals surface area contributed by atoms with Crippen LogP contribution in [0.1, 0.15) is 86.8 Å². The summed E-state index contributed by atoms with van der Waals surface area (Å²) in [5.74, 6) is 1.75. The number of benzene rings is 6. The topological polar surface area (TPSA) is 52.9 Å². The maximum atomic E-state index is 5.95. The van der Waals surface area contributed by atoms with Crippen LogP contribution in [0.5, 0.6) is 0 Å². The smallest absolute Gasteiger partial charge is 0.336 e. The fourth-order valence-electron chi connectivity index (χ4n) is 10.1. The molecule has 1 aliphatic rings. The van der Waals surface area contributed by atoms with Gasteiger partial charge in [-0.25, -0.2) is 9.97 Å². The molecule has 0 saturated heterocycles. The molecule has 1 aliphatic heterocycles. The summed E-state index contributed by atoms with van der Waals surface area (Å²) in [6.07, 6.45) is 7.90. The van der Waals surface area contributed by atoms with Crippen LogP contribution in [0.15, 0.2) is 164 Å². The van der Waals surface area contributed by atoms with E-state index in [2.05, 4.69) is 189 Å². The monoisotopic (exact) mass is 982 g/mol. The number of aromatic nitrogens is 6. The number of hydrogen-bond donors (Lipinski definition) is 0. The Morgan fingerprint density at radius 2 is 1.11 bits per heavy atom. The van der Waals surface area contributed by atoms with Gasteiger partial charge < -0.3 is 13.5 Å². The molecule has 11 rings (SSSR count). The van der Waals surface area contributed by atoms with Crippen LogP contribution in [0.4, 0.5) is 0 Å². The fourth-order valence-corrected chi connectivity index (χ4v) is 10.1. The molecule has 4 aromatic heterocycles. The number of fused-ring (bicyclic) bond motifs is 3. The fraction of sp³-hybridized carbons (Fsp3) is 0.182. The Labute approximate surface area is 376 Å². The first-order valence-corrected chi connectivity index (χ1v) is 21.0. The SMILES string of the molecule is CC(c1[c-]cccc1)(c1[c-]c2c(cc1)c1cccc3c1n1c(c([C@](C)(c4[c-]cccc4)c4nccn4-c4ccccc4)nc21)C(C)(C)C3(C)C)c1nccn1-c1ccccc1.[Ir+3]. The van der Waals surface area contributed by atoms with Crippen molar-refractivity contribution >= 4 is 27.3 Å². The Hall–Kier alpha value is -6.40. The molecule has 0 bridgehead atoms. The second kappa shape index (κ2) is 14.3. The maximum absolute atomic E-state index is 5.95. The molecule has 10 aromatic rings. The molecule has 0 aliphatic carbocycles. The molecule has 6 nitrogen and oxygen atoms in total. The minimum absolute atomic E-state index is 0. The normalized spacial score (nSPS) is 16.0. The van der Waals surface area contributed by atoms with Gasteiger partial charge in [-0.15, -0.1) is 34.9 Å². The quantitative estimate of drug-likeness (QED) is 0.113. The summed E-state index contributed by atoms with van der Waals surface area (Å²) in [6, 6.07) is 60.1. The van der Waals surface area contributed by atoms with E-state index in [0.29, 0.717) is 0 Å².